The third-order valence-corrected chi connectivity index (χ3v) is 13.0. The summed E-state index contributed by atoms with van der Waals surface area (Å²) in [4.78, 5) is 0. The van der Waals surface area contributed by atoms with Crippen molar-refractivity contribution in [2.45, 2.75) is 75.5 Å². The molecule has 26 heavy (non-hydrogen) atoms. The van der Waals surface area contributed by atoms with Gasteiger partial charge in [-0.05, 0) is 51.0 Å². The van der Waals surface area contributed by atoms with Gasteiger partial charge in [-0.15, -0.1) is 0 Å². The molecular weight excluding hydrogens is 352 g/mol. The molecule has 3 atom stereocenters. The molecule has 144 valence electrons. The van der Waals surface area contributed by atoms with E-state index in [9.17, 15) is 0 Å². The first kappa shape index (κ1) is 20.1. The van der Waals surface area contributed by atoms with Crippen LogP contribution in [0, 0.1) is 0 Å². The van der Waals surface area contributed by atoms with Crippen LogP contribution in [0.2, 0.25) is 19.6 Å². The van der Waals surface area contributed by atoms with Gasteiger partial charge in [0.15, 0.2) is 0 Å². The van der Waals surface area contributed by atoms with Gasteiger partial charge in [-0.3, -0.25) is 0 Å². The molecule has 0 N–H and O–H groups in total. The number of rotatable bonds is 5. The quantitative estimate of drug-likeness (QED) is 0.557. The molecule has 1 aromatic rings. The van der Waals surface area contributed by atoms with Crippen molar-refractivity contribution >= 4 is 22.8 Å². The van der Waals surface area contributed by atoms with Crippen LogP contribution < -0.4 is 5.19 Å². The van der Waals surface area contributed by atoms with Crippen molar-refractivity contribution in [3.8, 4) is 0 Å². The second-order valence-electron chi connectivity index (χ2n) is 8.57. The summed E-state index contributed by atoms with van der Waals surface area (Å²) in [6.07, 6.45) is 9.91. The van der Waals surface area contributed by atoms with Gasteiger partial charge < -0.3 is 9.47 Å². The van der Waals surface area contributed by atoms with E-state index in [0.717, 1.165) is 13.2 Å². The molecule has 2 heterocycles. The highest BCUT2D eigenvalue weighted by Gasteiger charge is 2.44. The summed E-state index contributed by atoms with van der Waals surface area (Å²) in [6, 6.07) is 11.1. The van der Waals surface area contributed by atoms with Crippen LogP contribution in [0.5, 0.6) is 0 Å². The lowest BCUT2D eigenvalue weighted by atomic mass is 9.97. The smallest absolute Gasteiger partial charge is 0.110 e. The number of hydrogen-bond donors (Lipinski definition) is 0. The first-order chi connectivity index (χ1) is 12.5. The lowest BCUT2D eigenvalue weighted by molar-refractivity contribution is -0.00684. The van der Waals surface area contributed by atoms with Gasteiger partial charge >= 0.3 is 0 Å². The van der Waals surface area contributed by atoms with Gasteiger partial charge in [0.05, 0.1) is 19.2 Å². The van der Waals surface area contributed by atoms with E-state index in [1.165, 1.54) is 49.3 Å². The van der Waals surface area contributed by atoms with Gasteiger partial charge in [-0.2, -0.15) is 0 Å². The van der Waals surface area contributed by atoms with Gasteiger partial charge in [0.2, 0.25) is 0 Å². The van der Waals surface area contributed by atoms with Crippen molar-refractivity contribution in [1.29, 1.82) is 0 Å². The molecule has 2 fully saturated rings. The summed E-state index contributed by atoms with van der Waals surface area (Å²) < 4.78 is 13.1. The van der Waals surface area contributed by atoms with E-state index < -0.39 is 17.6 Å². The summed E-state index contributed by atoms with van der Waals surface area (Å²) in [6.45, 7) is 11.5. The minimum atomic E-state index is -1.30. The third-order valence-electron chi connectivity index (χ3n) is 6.74. The van der Waals surface area contributed by atoms with Crippen LogP contribution in [-0.4, -0.2) is 41.3 Å². The van der Waals surface area contributed by atoms with E-state index in [1.807, 2.05) is 0 Å². The van der Waals surface area contributed by atoms with Crippen LogP contribution in [0.1, 0.15) is 45.4 Å². The normalized spacial score (nSPS) is 31.8. The van der Waals surface area contributed by atoms with Gasteiger partial charge in [0.25, 0.3) is 0 Å². The molecule has 0 spiro atoms. The molecule has 4 heteroatoms. The monoisotopic (exact) mass is 388 g/mol. The van der Waals surface area contributed by atoms with E-state index in [1.54, 1.807) is 0 Å². The number of hydrogen-bond acceptors (Lipinski definition) is 2. The Morgan fingerprint density at radius 1 is 0.923 bits per heavy atom. The Morgan fingerprint density at radius 3 is 2.12 bits per heavy atom. The molecular formula is C22H36O2Si2. The Labute approximate surface area is 163 Å². The zero-order valence-electron chi connectivity index (χ0n) is 17.1. The van der Waals surface area contributed by atoms with Gasteiger partial charge in [-0.1, -0.05) is 61.2 Å². The standard InChI is InChI=1S/C22H36O2Si2/c1-19(18-21(25(2)3)14-8-10-16-23-21)22(15-9-11-17-24-22)26(4)20-12-6-5-7-13-20/h5-7,12-13,18,25-26H,8-11,14-17H2,1-4H3. The fourth-order valence-electron chi connectivity index (χ4n) is 4.88. The van der Waals surface area contributed by atoms with Crippen LogP contribution in [0.15, 0.2) is 42.0 Å². The maximum absolute atomic E-state index is 6.66. The minimum absolute atomic E-state index is 0.0287. The largest absolute Gasteiger partial charge is 0.375 e. The van der Waals surface area contributed by atoms with Crippen LogP contribution in [0.25, 0.3) is 0 Å². The average molecular weight is 389 g/mol. The predicted molar refractivity (Wildman–Crippen MR) is 117 cm³/mol. The highest BCUT2D eigenvalue weighted by atomic mass is 28.3. The van der Waals surface area contributed by atoms with Crippen molar-refractivity contribution in [2.75, 3.05) is 13.2 Å². The third kappa shape index (κ3) is 3.93. The Bertz CT molecular complexity index is 600. The van der Waals surface area contributed by atoms with Crippen LogP contribution in [-0.2, 0) is 9.47 Å². The van der Waals surface area contributed by atoms with Crippen LogP contribution in [0.4, 0.5) is 0 Å². The zero-order chi connectivity index (χ0) is 18.6. The SMILES string of the molecule is CC(=CC1([SiH](C)C)CCCCO1)C1([SiH](C)c2ccccc2)CCCCO1. The molecule has 0 aliphatic carbocycles. The molecule has 2 aliphatic rings. The molecule has 0 amide bonds. The maximum Gasteiger partial charge on any atom is 0.110 e. The summed E-state index contributed by atoms with van der Waals surface area (Å²) in [7, 11) is -2.27. The van der Waals surface area contributed by atoms with Crippen LogP contribution in [0.3, 0.4) is 0 Å². The Morgan fingerprint density at radius 2 is 1.58 bits per heavy atom. The van der Waals surface area contributed by atoms with Crippen molar-refractivity contribution in [3.63, 3.8) is 0 Å². The van der Waals surface area contributed by atoms with Crippen molar-refractivity contribution in [3.05, 3.63) is 42.0 Å². The minimum Gasteiger partial charge on any atom is -0.375 e. The van der Waals surface area contributed by atoms with E-state index in [2.05, 4.69) is 63.0 Å². The lowest BCUT2D eigenvalue weighted by Crippen LogP contribution is -2.57. The molecule has 3 rings (SSSR count). The summed E-state index contributed by atoms with van der Waals surface area (Å²) >= 11 is 0. The van der Waals surface area contributed by atoms with Crippen LogP contribution >= 0.6 is 0 Å². The molecule has 0 radical (unpaired) electrons. The van der Waals surface area contributed by atoms with Crippen molar-refractivity contribution < 1.29 is 9.47 Å². The summed E-state index contributed by atoms with van der Waals surface area (Å²) in [5.74, 6) is 0. The van der Waals surface area contributed by atoms with Gasteiger partial charge in [0.1, 0.15) is 8.80 Å². The van der Waals surface area contributed by atoms with Gasteiger partial charge in [-0.25, -0.2) is 0 Å². The second-order valence-corrected chi connectivity index (χ2v) is 14.9. The Balaban J connectivity index is 1.98. The van der Waals surface area contributed by atoms with Gasteiger partial charge in [0, 0.05) is 13.2 Å². The molecule has 3 unspecified atom stereocenters. The average Bonchev–Trinajstić information content (AvgIpc) is 2.69. The van der Waals surface area contributed by atoms with E-state index >= 15 is 0 Å². The van der Waals surface area contributed by atoms with E-state index in [-0.39, 0.29) is 10.4 Å². The molecule has 2 nitrogen and oxygen atoms in total. The topological polar surface area (TPSA) is 18.5 Å². The first-order valence-electron chi connectivity index (χ1n) is 10.5. The van der Waals surface area contributed by atoms with Crippen molar-refractivity contribution in [1.82, 2.24) is 0 Å². The molecule has 1 aromatic carbocycles. The zero-order valence-corrected chi connectivity index (χ0v) is 19.4. The Hall–Kier alpha value is -0.686. The fraction of sp³-hybridized carbons (Fsp3) is 0.636. The Kier molecular flexibility index (Phi) is 6.60. The number of benzene rings is 1. The fourth-order valence-corrected chi connectivity index (χ4v) is 9.81. The molecule has 0 aromatic heterocycles. The first-order valence-corrected chi connectivity index (χ1v) is 15.7. The predicted octanol–water partition coefficient (Wildman–Crippen LogP) is 4.14. The maximum atomic E-state index is 6.66. The van der Waals surface area contributed by atoms with E-state index in [4.69, 9.17) is 9.47 Å². The van der Waals surface area contributed by atoms with E-state index in [0.29, 0.717) is 0 Å². The summed E-state index contributed by atoms with van der Waals surface area (Å²) in [5, 5.41) is 1.50. The van der Waals surface area contributed by atoms with Crippen molar-refractivity contribution in [2.24, 2.45) is 0 Å². The molecule has 0 saturated carbocycles. The summed E-state index contributed by atoms with van der Waals surface area (Å²) in [5.41, 5.74) is 1.46. The molecule has 2 saturated heterocycles. The molecule has 2 aliphatic heterocycles. The number of ether oxygens (including phenoxy) is 2. The highest BCUT2D eigenvalue weighted by molar-refractivity contribution is 6.75. The second kappa shape index (κ2) is 8.55. The lowest BCUT2D eigenvalue weighted by Gasteiger charge is -2.45. The highest BCUT2D eigenvalue weighted by Crippen LogP contribution is 2.38. The molecule has 0 bridgehead atoms.